The number of pyridine rings is 1. The van der Waals surface area contributed by atoms with E-state index in [1.54, 1.807) is 6.20 Å². The zero-order valence-electron chi connectivity index (χ0n) is 11.0. The van der Waals surface area contributed by atoms with Gasteiger partial charge in [-0.2, -0.15) is 0 Å². The molecule has 2 aromatic heterocycles. The van der Waals surface area contributed by atoms with Crippen molar-refractivity contribution in [1.29, 1.82) is 0 Å². The van der Waals surface area contributed by atoms with E-state index in [4.69, 9.17) is 4.42 Å². The lowest BCUT2D eigenvalue weighted by Gasteiger charge is -2.23. The van der Waals surface area contributed by atoms with Crippen molar-refractivity contribution in [2.45, 2.75) is 32.6 Å². The largest absolute Gasteiger partial charge is 0.438 e. The number of benzene rings is 1. The van der Waals surface area contributed by atoms with E-state index in [9.17, 15) is 0 Å². The number of hydrogen-bond donors (Lipinski definition) is 0. The van der Waals surface area contributed by atoms with Crippen LogP contribution in [-0.2, 0) is 5.41 Å². The molecular weight excluding hydrogens is 222 g/mol. The molecule has 1 aromatic carbocycles. The molecule has 0 unspecified atom stereocenters. The average Bonchev–Trinajstić information content (AvgIpc) is 2.76. The lowest BCUT2D eigenvalue weighted by molar-refractivity contribution is 0.506. The molecule has 92 valence electrons. The van der Waals surface area contributed by atoms with Gasteiger partial charge in [0.15, 0.2) is 0 Å². The van der Waals surface area contributed by atoms with Crippen LogP contribution in [0.5, 0.6) is 0 Å². The molecule has 0 atom stereocenters. The maximum atomic E-state index is 5.74. The van der Waals surface area contributed by atoms with Gasteiger partial charge in [0.05, 0.1) is 0 Å². The van der Waals surface area contributed by atoms with Crippen molar-refractivity contribution in [1.82, 2.24) is 4.98 Å². The van der Waals surface area contributed by atoms with Gasteiger partial charge in [-0.25, -0.2) is 4.98 Å². The highest BCUT2D eigenvalue weighted by molar-refractivity contribution is 6.03. The number of aromatic nitrogens is 1. The van der Waals surface area contributed by atoms with Crippen LogP contribution in [0.3, 0.4) is 0 Å². The topological polar surface area (TPSA) is 26.0 Å². The molecule has 2 heterocycles. The fourth-order valence-corrected chi connectivity index (χ4v) is 2.24. The van der Waals surface area contributed by atoms with Gasteiger partial charge in [0, 0.05) is 17.0 Å². The Morgan fingerprint density at radius 2 is 2.00 bits per heavy atom. The molecule has 0 saturated carbocycles. The SMILES string of the molecule is CCC(C)(C)c1ccc2oc3ncccc3c2c1. The zero-order chi connectivity index (χ0) is 12.8. The first kappa shape index (κ1) is 11.3. The minimum absolute atomic E-state index is 0.194. The molecule has 0 fully saturated rings. The van der Waals surface area contributed by atoms with Gasteiger partial charge in [-0.3, -0.25) is 0 Å². The van der Waals surface area contributed by atoms with E-state index < -0.39 is 0 Å². The van der Waals surface area contributed by atoms with E-state index in [1.165, 1.54) is 5.56 Å². The van der Waals surface area contributed by atoms with E-state index in [0.29, 0.717) is 0 Å². The Hall–Kier alpha value is -1.83. The molecule has 0 N–H and O–H groups in total. The van der Waals surface area contributed by atoms with Crippen LogP contribution in [0.2, 0.25) is 0 Å². The van der Waals surface area contributed by atoms with Gasteiger partial charge in [-0.15, -0.1) is 0 Å². The molecule has 0 radical (unpaired) electrons. The third kappa shape index (κ3) is 1.60. The van der Waals surface area contributed by atoms with E-state index in [1.807, 2.05) is 6.07 Å². The standard InChI is InChI=1S/C16H17NO/c1-4-16(2,3)11-7-8-14-13(10-11)12-6-5-9-17-15(12)18-14/h5-10H,4H2,1-3H3. The van der Waals surface area contributed by atoms with Crippen LogP contribution in [0.25, 0.3) is 22.1 Å². The monoisotopic (exact) mass is 239 g/mol. The van der Waals surface area contributed by atoms with Gasteiger partial charge in [-0.1, -0.05) is 26.8 Å². The fraction of sp³-hybridized carbons (Fsp3) is 0.312. The Balaban J connectivity index is 2.31. The van der Waals surface area contributed by atoms with Crippen molar-refractivity contribution in [3.63, 3.8) is 0 Å². The Bertz CT molecular complexity index is 709. The van der Waals surface area contributed by atoms with E-state index >= 15 is 0 Å². The van der Waals surface area contributed by atoms with Crippen molar-refractivity contribution in [2.24, 2.45) is 0 Å². The quantitative estimate of drug-likeness (QED) is 0.649. The van der Waals surface area contributed by atoms with Gasteiger partial charge in [0.1, 0.15) is 5.58 Å². The molecule has 2 nitrogen and oxygen atoms in total. The predicted molar refractivity (Wildman–Crippen MR) is 74.8 cm³/mol. The molecule has 18 heavy (non-hydrogen) atoms. The van der Waals surface area contributed by atoms with Crippen molar-refractivity contribution in [3.05, 3.63) is 42.1 Å². The number of fused-ring (bicyclic) bond motifs is 3. The highest BCUT2D eigenvalue weighted by atomic mass is 16.3. The molecule has 0 spiro atoms. The van der Waals surface area contributed by atoms with Crippen LogP contribution < -0.4 is 0 Å². The average molecular weight is 239 g/mol. The number of hydrogen-bond acceptors (Lipinski definition) is 2. The highest BCUT2D eigenvalue weighted by Gasteiger charge is 2.19. The summed E-state index contributed by atoms with van der Waals surface area (Å²) < 4.78 is 5.74. The zero-order valence-corrected chi connectivity index (χ0v) is 11.0. The third-order valence-electron chi connectivity index (χ3n) is 3.91. The smallest absolute Gasteiger partial charge is 0.227 e. The van der Waals surface area contributed by atoms with Crippen LogP contribution in [0, 0.1) is 0 Å². The Labute approximate surface area is 107 Å². The summed E-state index contributed by atoms with van der Waals surface area (Å²) in [6.07, 6.45) is 2.88. The molecule has 0 saturated heterocycles. The summed E-state index contributed by atoms with van der Waals surface area (Å²) in [6, 6.07) is 10.5. The van der Waals surface area contributed by atoms with Crippen LogP contribution in [0.15, 0.2) is 40.9 Å². The summed E-state index contributed by atoms with van der Waals surface area (Å²) in [6.45, 7) is 6.77. The molecule has 0 aliphatic rings. The summed E-state index contributed by atoms with van der Waals surface area (Å²) in [5.41, 5.74) is 3.18. The van der Waals surface area contributed by atoms with Crippen LogP contribution in [-0.4, -0.2) is 4.98 Å². The van der Waals surface area contributed by atoms with Gasteiger partial charge in [0.25, 0.3) is 0 Å². The summed E-state index contributed by atoms with van der Waals surface area (Å²) in [5, 5.41) is 2.26. The van der Waals surface area contributed by atoms with Crippen LogP contribution in [0.1, 0.15) is 32.8 Å². The van der Waals surface area contributed by atoms with Crippen molar-refractivity contribution in [2.75, 3.05) is 0 Å². The second kappa shape index (κ2) is 3.84. The normalized spacial score (nSPS) is 12.4. The van der Waals surface area contributed by atoms with Gasteiger partial charge >= 0.3 is 0 Å². The highest BCUT2D eigenvalue weighted by Crippen LogP contribution is 2.33. The summed E-state index contributed by atoms with van der Waals surface area (Å²) >= 11 is 0. The first-order valence-corrected chi connectivity index (χ1v) is 6.39. The lowest BCUT2D eigenvalue weighted by Crippen LogP contribution is -2.14. The molecule has 0 bridgehead atoms. The second-order valence-corrected chi connectivity index (χ2v) is 5.41. The van der Waals surface area contributed by atoms with Crippen molar-refractivity contribution < 1.29 is 4.42 Å². The third-order valence-corrected chi connectivity index (χ3v) is 3.91. The Morgan fingerprint density at radius 1 is 1.17 bits per heavy atom. The summed E-state index contributed by atoms with van der Waals surface area (Å²) in [7, 11) is 0. The molecule has 2 heteroatoms. The molecule has 0 amide bonds. The maximum Gasteiger partial charge on any atom is 0.227 e. The number of nitrogens with zero attached hydrogens (tertiary/aromatic N) is 1. The van der Waals surface area contributed by atoms with Crippen LogP contribution in [0.4, 0.5) is 0 Å². The first-order valence-electron chi connectivity index (χ1n) is 6.39. The number of rotatable bonds is 2. The minimum Gasteiger partial charge on any atom is -0.438 e. The van der Waals surface area contributed by atoms with E-state index in [0.717, 1.165) is 28.5 Å². The van der Waals surface area contributed by atoms with E-state index in [-0.39, 0.29) is 5.41 Å². The van der Waals surface area contributed by atoms with Gasteiger partial charge in [0.2, 0.25) is 5.71 Å². The van der Waals surface area contributed by atoms with Gasteiger partial charge in [-0.05, 0) is 41.7 Å². The molecular formula is C16H17NO. The lowest BCUT2D eigenvalue weighted by atomic mass is 9.82. The Kier molecular flexibility index (Phi) is 2.40. The maximum absolute atomic E-state index is 5.74. The fourth-order valence-electron chi connectivity index (χ4n) is 2.24. The number of furan rings is 1. The molecule has 0 aliphatic carbocycles. The van der Waals surface area contributed by atoms with Crippen molar-refractivity contribution in [3.8, 4) is 0 Å². The van der Waals surface area contributed by atoms with Crippen molar-refractivity contribution >= 4 is 22.1 Å². The predicted octanol–water partition coefficient (Wildman–Crippen LogP) is 4.67. The van der Waals surface area contributed by atoms with Gasteiger partial charge < -0.3 is 4.42 Å². The molecule has 3 rings (SSSR count). The minimum atomic E-state index is 0.194. The summed E-state index contributed by atoms with van der Waals surface area (Å²) in [5.74, 6) is 0. The first-order chi connectivity index (χ1) is 8.62. The Morgan fingerprint density at radius 3 is 2.78 bits per heavy atom. The van der Waals surface area contributed by atoms with Crippen LogP contribution >= 0.6 is 0 Å². The van der Waals surface area contributed by atoms with E-state index in [2.05, 4.69) is 50.0 Å². The molecule has 0 aliphatic heterocycles. The summed E-state index contributed by atoms with van der Waals surface area (Å²) in [4.78, 5) is 4.26. The second-order valence-electron chi connectivity index (χ2n) is 5.41. The molecule has 3 aromatic rings.